The Morgan fingerprint density at radius 1 is 1.00 bits per heavy atom. The van der Waals surface area contributed by atoms with Crippen molar-refractivity contribution in [3.63, 3.8) is 0 Å². The number of hydrogen-bond acceptors (Lipinski definition) is 0. The molecule has 3 aliphatic rings. The monoisotopic (exact) mass is 382 g/mol. The van der Waals surface area contributed by atoms with Gasteiger partial charge >= 0.3 is 0 Å². The molecule has 0 saturated heterocycles. The topological polar surface area (TPSA) is 0 Å². The van der Waals surface area contributed by atoms with Crippen LogP contribution < -0.4 is 0 Å². The van der Waals surface area contributed by atoms with E-state index in [1.54, 1.807) is 0 Å². The fourth-order valence-corrected chi connectivity index (χ4v) is 6.62. The van der Waals surface area contributed by atoms with Gasteiger partial charge in [0.25, 0.3) is 0 Å². The van der Waals surface area contributed by atoms with Gasteiger partial charge in [-0.2, -0.15) is 0 Å². The van der Waals surface area contributed by atoms with Gasteiger partial charge in [0.1, 0.15) is 0 Å². The average Bonchev–Trinajstić information content (AvgIpc) is 3.02. The van der Waals surface area contributed by atoms with Crippen LogP contribution in [0.4, 0.5) is 0 Å². The van der Waals surface area contributed by atoms with E-state index in [1.165, 1.54) is 69.8 Å². The number of allylic oxidation sites excluding steroid dienone is 5. The summed E-state index contributed by atoms with van der Waals surface area (Å²) in [5.41, 5.74) is 3.88. The van der Waals surface area contributed by atoms with Crippen molar-refractivity contribution < 1.29 is 0 Å². The largest absolute Gasteiger partial charge is 0.0996 e. The first-order chi connectivity index (χ1) is 13.3. The molecule has 0 aromatic carbocycles. The van der Waals surface area contributed by atoms with Crippen molar-refractivity contribution in [3.8, 4) is 0 Å². The predicted octanol–water partition coefficient (Wildman–Crippen LogP) is 8.75. The predicted molar refractivity (Wildman–Crippen MR) is 124 cm³/mol. The molecule has 3 aliphatic carbocycles. The van der Waals surface area contributed by atoms with E-state index >= 15 is 0 Å². The van der Waals surface area contributed by atoms with Gasteiger partial charge in [-0.1, -0.05) is 77.0 Å². The maximum Gasteiger partial charge on any atom is -0.0146 e. The van der Waals surface area contributed by atoms with Crippen molar-refractivity contribution in [2.24, 2.45) is 40.9 Å². The highest BCUT2D eigenvalue weighted by Gasteiger charge is 2.50. The van der Waals surface area contributed by atoms with E-state index in [0.29, 0.717) is 17.3 Å². The van der Waals surface area contributed by atoms with E-state index in [1.807, 2.05) is 5.57 Å². The maximum absolute atomic E-state index is 4.38. The fraction of sp³-hybridized carbons (Fsp3) is 0.786. The first-order valence-corrected chi connectivity index (χ1v) is 12.4. The summed E-state index contributed by atoms with van der Waals surface area (Å²) in [5.74, 6) is 4.63. The van der Waals surface area contributed by atoms with Crippen LogP contribution in [0, 0.1) is 40.9 Å². The van der Waals surface area contributed by atoms with E-state index in [9.17, 15) is 0 Å². The number of hydrogen-bond donors (Lipinski definition) is 0. The lowest BCUT2D eigenvalue weighted by Gasteiger charge is -2.44. The van der Waals surface area contributed by atoms with Gasteiger partial charge in [0, 0.05) is 0 Å². The zero-order valence-electron chi connectivity index (χ0n) is 19.5. The van der Waals surface area contributed by atoms with Crippen LogP contribution in [0.15, 0.2) is 36.0 Å². The molecule has 0 N–H and O–H groups in total. The molecule has 0 heteroatoms. The molecule has 3 unspecified atom stereocenters. The fourth-order valence-electron chi connectivity index (χ4n) is 6.62. The second-order valence-electron chi connectivity index (χ2n) is 11.1. The van der Waals surface area contributed by atoms with Crippen LogP contribution in [0.1, 0.15) is 98.8 Å². The molecule has 0 spiro atoms. The van der Waals surface area contributed by atoms with Gasteiger partial charge < -0.3 is 0 Å². The second kappa shape index (κ2) is 9.36. The Labute approximate surface area is 176 Å². The van der Waals surface area contributed by atoms with Gasteiger partial charge in [0.05, 0.1) is 0 Å². The van der Waals surface area contributed by atoms with Crippen LogP contribution >= 0.6 is 0 Å². The summed E-state index contributed by atoms with van der Waals surface area (Å²) in [7, 11) is 0. The highest BCUT2D eigenvalue weighted by Crippen LogP contribution is 2.59. The molecule has 6 atom stereocenters. The molecule has 0 aromatic heterocycles. The lowest BCUT2D eigenvalue weighted by atomic mass is 9.61. The summed E-state index contributed by atoms with van der Waals surface area (Å²) >= 11 is 0. The van der Waals surface area contributed by atoms with E-state index < -0.39 is 0 Å². The second-order valence-corrected chi connectivity index (χ2v) is 11.1. The van der Waals surface area contributed by atoms with Crippen LogP contribution in [0.2, 0.25) is 0 Å². The molecular formula is C28H46. The van der Waals surface area contributed by atoms with E-state index in [0.717, 1.165) is 23.7 Å². The third kappa shape index (κ3) is 4.68. The van der Waals surface area contributed by atoms with Crippen molar-refractivity contribution in [2.45, 2.75) is 98.8 Å². The minimum Gasteiger partial charge on any atom is -0.0996 e. The summed E-state index contributed by atoms with van der Waals surface area (Å²) < 4.78 is 0. The SMILES string of the molecule is C=C1CCCCC1C/C=C1\CCC[C@@]2(C)C1CCC2[C@H](C)/C=C/[C@H](C)C(C)C. The van der Waals surface area contributed by atoms with Gasteiger partial charge in [-0.05, 0) is 98.7 Å². The Morgan fingerprint density at radius 3 is 2.50 bits per heavy atom. The van der Waals surface area contributed by atoms with Gasteiger partial charge in [-0.3, -0.25) is 0 Å². The van der Waals surface area contributed by atoms with Crippen LogP contribution in [-0.2, 0) is 0 Å². The average molecular weight is 383 g/mol. The summed E-state index contributed by atoms with van der Waals surface area (Å²) in [6.07, 6.45) is 21.5. The lowest BCUT2D eigenvalue weighted by molar-refractivity contribution is 0.111. The lowest BCUT2D eigenvalue weighted by Crippen LogP contribution is -2.35. The summed E-state index contributed by atoms with van der Waals surface area (Å²) in [6.45, 7) is 16.6. The molecule has 0 bridgehead atoms. The summed E-state index contributed by atoms with van der Waals surface area (Å²) in [5, 5.41) is 0. The first-order valence-electron chi connectivity index (χ1n) is 12.4. The minimum absolute atomic E-state index is 0.526. The smallest absolute Gasteiger partial charge is 0.0146 e. The molecule has 158 valence electrons. The quantitative estimate of drug-likeness (QED) is 0.403. The molecule has 3 rings (SSSR count). The molecule has 0 radical (unpaired) electrons. The Kier molecular flexibility index (Phi) is 7.32. The molecule has 0 amide bonds. The first kappa shape index (κ1) is 21.9. The normalized spacial score (nSPS) is 37.6. The van der Waals surface area contributed by atoms with E-state index in [4.69, 9.17) is 0 Å². The molecule has 28 heavy (non-hydrogen) atoms. The van der Waals surface area contributed by atoms with Crippen LogP contribution in [0.3, 0.4) is 0 Å². The molecule has 0 heterocycles. The molecule has 0 nitrogen and oxygen atoms in total. The van der Waals surface area contributed by atoms with Gasteiger partial charge in [0.15, 0.2) is 0 Å². The van der Waals surface area contributed by atoms with Crippen molar-refractivity contribution in [2.75, 3.05) is 0 Å². The molecule has 3 saturated carbocycles. The van der Waals surface area contributed by atoms with Gasteiger partial charge in [-0.25, -0.2) is 0 Å². The summed E-state index contributed by atoms with van der Waals surface area (Å²) in [6, 6.07) is 0. The van der Waals surface area contributed by atoms with Gasteiger partial charge in [0.2, 0.25) is 0 Å². The van der Waals surface area contributed by atoms with Crippen molar-refractivity contribution in [1.82, 2.24) is 0 Å². The number of rotatable bonds is 6. The Balaban J connectivity index is 1.68. The van der Waals surface area contributed by atoms with Crippen molar-refractivity contribution in [1.29, 1.82) is 0 Å². The maximum atomic E-state index is 4.38. The van der Waals surface area contributed by atoms with E-state index in [-0.39, 0.29) is 0 Å². The van der Waals surface area contributed by atoms with Crippen LogP contribution in [-0.4, -0.2) is 0 Å². The molecule has 0 aromatic rings. The van der Waals surface area contributed by atoms with Crippen molar-refractivity contribution >= 4 is 0 Å². The Bertz CT molecular complexity index is 591. The van der Waals surface area contributed by atoms with Crippen LogP contribution in [0.25, 0.3) is 0 Å². The standard InChI is InChI=1S/C28H46/c1-20(2)21(3)13-14-23(5)26-17-18-27-25(12-9-19-28(26,27)6)16-15-24-11-8-7-10-22(24)4/h13-14,16,20-21,23-24,26-27H,4,7-12,15,17-19H2,1-3,5-6H3/b14-13+,25-16+/t21-,23+,24?,26?,27?,28+/m0/s1. The van der Waals surface area contributed by atoms with Gasteiger partial charge in [-0.15, -0.1) is 0 Å². The highest BCUT2D eigenvalue weighted by atomic mass is 14.5. The Morgan fingerprint density at radius 2 is 1.79 bits per heavy atom. The Hall–Kier alpha value is -0.780. The molecular weight excluding hydrogens is 336 g/mol. The zero-order valence-corrected chi connectivity index (χ0v) is 19.5. The number of fused-ring (bicyclic) bond motifs is 1. The summed E-state index contributed by atoms with van der Waals surface area (Å²) in [4.78, 5) is 0. The zero-order chi connectivity index (χ0) is 20.3. The third-order valence-corrected chi connectivity index (χ3v) is 8.98. The van der Waals surface area contributed by atoms with Crippen molar-refractivity contribution in [3.05, 3.63) is 36.0 Å². The third-order valence-electron chi connectivity index (χ3n) is 8.98. The molecule has 0 aliphatic heterocycles. The minimum atomic E-state index is 0.526. The highest BCUT2D eigenvalue weighted by molar-refractivity contribution is 5.20. The van der Waals surface area contributed by atoms with E-state index in [2.05, 4.69) is 59.4 Å². The molecule has 3 fully saturated rings. The van der Waals surface area contributed by atoms with Crippen LogP contribution in [0.5, 0.6) is 0 Å².